The Kier molecular flexibility index (Phi) is 4.82. The molecule has 4 rings (SSSR count). The molecule has 1 saturated heterocycles. The first-order valence-corrected chi connectivity index (χ1v) is 10.4. The van der Waals surface area contributed by atoms with E-state index in [-0.39, 0.29) is 5.91 Å². The molecule has 2 atom stereocenters. The van der Waals surface area contributed by atoms with E-state index in [9.17, 15) is 9.59 Å². The number of nitrogens with one attached hydrogen (secondary N) is 1. The molecule has 6 heteroatoms. The Morgan fingerprint density at radius 1 is 1.12 bits per heavy atom. The highest BCUT2D eigenvalue weighted by Crippen LogP contribution is 2.39. The maximum atomic E-state index is 12.7. The number of hydrogen-bond donors (Lipinski definition) is 2. The van der Waals surface area contributed by atoms with Crippen LogP contribution in [-0.2, 0) is 17.6 Å². The summed E-state index contributed by atoms with van der Waals surface area (Å²) in [5.41, 5.74) is 7.21. The van der Waals surface area contributed by atoms with Gasteiger partial charge in [0, 0.05) is 10.9 Å². The monoisotopic (exact) mass is 361 g/mol. The molecule has 2 fully saturated rings. The van der Waals surface area contributed by atoms with Crippen molar-refractivity contribution < 1.29 is 9.59 Å². The smallest absolute Gasteiger partial charge is 0.251 e. The summed E-state index contributed by atoms with van der Waals surface area (Å²) >= 11 is 1.54. The van der Waals surface area contributed by atoms with Crippen LogP contribution in [0.15, 0.2) is 0 Å². The summed E-state index contributed by atoms with van der Waals surface area (Å²) < 4.78 is 0. The molecular weight excluding hydrogens is 334 g/mol. The molecular formula is C19H27N3O2S. The van der Waals surface area contributed by atoms with E-state index in [1.807, 2.05) is 0 Å². The van der Waals surface area contributed by atoms with Gasteiger partial charge in [-0.25, -0.2) is 0 Å². The maximum absolute atomic E-state index is 12.7. The molecule has 0 bridgehead atoms. The Bertz CT molecular complexity index is 682. The molecule has 2 amide bonds. The molecule has 3 N–H and O–H groups in total. The number of fused-ring (bicyclic) bond motifs is 2. The van der Waals surface area contributed by atoms with Gasteiger partial charge in [0.05, 0.1) is 12.1 Å². The fourth-order valence-electron chi connectivity index (χ4n) is 5.03. The van der Waals surface area contributed by atoms with Gasteiger partial charge in [0.25, 0.3) is 5.91 Å². The first-order valence-electron chi connectivity index (χ1n) is 9.61. The normalized spacial score (nSPS) is 26.1. The van der Waals surface area contributed by atoms with E-state index in [1.54, 1.807) is 0 Å². The van der Waals surface area contributed by atoms with Gasteiger partial charge in [-0.1, -0.05) is 12.8 Å². The van der Waals surface area contributed by atoms with Gasteiger partial charge in [-0.15, -0.1) is 11.3 Å². The Balaban J connectivity index is 1.45. The Morgan fingerprint density at radius 2 is 1.92 bits per heavy atom. The van der Waals surface area contributed by atoms with Crippen molar-refractivity contribution in [1.29, 1.82) is 0 Å². The molecule has 0 unspecified atom stereocenters. The van der Waals surface area contributed by atoms with Crippen LogP contribution in [-0.4, -0.2) is 35.8 Å². The van der Waals surface area contributed by atoms with E-state index >= 15 is 0 Å². The molecule has 2 aliphatic carbocycles. The highest BCUT2D eigenvalue weighted by Gasteiger charge is 2.34. The van der Waals surface area contributed by atoms with Crippen LogP contribution in [0.1, 0.15) is 65.7 Å². The molecule has 2 heterocycles. The van der Waals surface area contributed by atoms with Crippen molar-refractivity contribution in [3.8, 4) is 0 Å². The van der Waals surface area contributed by atoms with Crippen LogP contribution in [0.2, 0.25) is 0 Å². The number of amides is 2. The van der Waals surface area contributed by atoms with Crippen LogP contribution in [0.4, 0.5) is 5.00 Å². The zero-order valence-corrected chi connectivity index (χ0v) is 15.5. The van der Waals surface area contributed by atoms with Crippen LogP contribution < -0.4 is 11.1 Å². The summed E-state index contributed by atoms with van der Waals surface area (Å²) in [6, 6.07) is 0.567. The van der Waals surface area contributed by atoms with Gasteiger partial charge in [-0.3, -0.25) is 14.5 Å². The van der Waals surface area contributed by atoms with Gasteiger partial charge in [-0.2, -0.15) is 0 Å². The van der Waals surface area contributed by atoms with Crippen molar-refractivity contribution in [1.82, 2.24) is 4.90 Å². The predicted molar refractivity (Wildman–Crippen MR) is 100 cm³/mol. The predicted octanol–water partition coefficient (Wildman–Crippen LogP) is 2.93. The molecule has 1 saturated carbocycles. The van der Waals surface area contributed by atoms with Crippen molar-refractivity contribution in [2.24, 2.45) is 11.7 Å². The lowest BCUT2D eigenvalue weighted by Crippen LogP contribution is -2.49. The quantitative estimate of drug-likeness (QED) is 0.866. The molecule has 1 aromatic rings. The molecule has 5 nitrogen and oxygen atoms in total. The summed E-state index contributed by atoms with van der Waals surface area (Å²) in [6.45, 7) is 1.44. The summed E-state index contributed by atoms with van der Waals surface area (Å²) in [5, 5.41) is 3.67. The lowest BCUT2D eigenvalue weighted by Gasteiger charge is -2.43. The number of nitrogens with zero attached hydrogens (tertiary/aromatic N) is 1. The topological polar surface area (TPSA) is 75.4 Å². The number of aryl methyl sites for hydroxylation is 1. The number of piperidine rings is 1. The van der Waals surface area contributed by atoms with Gasteiger partial charge < -0.3 is 11.1 Å². The summed E-state index contributed by atoms with van der Waals surface area (Å²) in [6.07, 6.45) is 10.6. The minimum absolute atomic E-state index is 0.00588. The molecule has 1 aliphatic heterocycles. The third kappa shape index (κ3) is 3.34. The Labute approximate surface area is 153 Å². The third-order valence-electron chi connectivity index (χ3n) is 6.13. The van der Waals surface area contributed by atoms with Gasteiger partial charge in [0.1, 0.15) is 5.00 Å². The SMILES string of the molecule is NC(=O)c1c(NC(=O)CN2CCC[C@@H]3CCCC[C@H]32)sc2c1CCC2. The Morgan fingerprint density at radius 3 is 2.76 bits per heavy atom. The second-order valence-electron chi connectivity index (χ2n) is 7.70. The summed E-state index contributed by atoms with van der Waals surface area (Å²) in [7, 11) is 0. The minimum atomic E-state index is -0.417. The van der Waals surface area contributed by atoms with Gasteiger partial charge in [0.15, 0.2) is 0 Å². The van der Waals surface area contributed by atoms with E-state index < -0.39 is 5.91 Å². The number of likely N-dealkylation sites (tertiary alicyclic amines) is 1. The van der Waals surface area contributed by atoms with Crippen LogP contribution in [0, 0.1) is 5.92 Å². The summed E-state index contributed by atoms with van der Waals surface area (Å²) in [5.74, 6) is 0.343. The maximum Gasteiger partial charge on any atom is 0.251 e. The first-order chi connectivity index (χ1) is 12.1. The van der Waals surface area contributed by atoms with Crippen molar-refractivity contribution in [2.45, 2.75) is 63.8 Å². The van der Waals surface area contributed by atoms with Crippen molar-refractivity contribution in [3.05, 3.63) is 16.0 Å². The van der Waals surface area contributed by atoms with Crippen molar-refractivity contribution in [3.63, 3.8) is 0 Å². The standard InChI is InChI=1S/C19H27N3O2S/c20-18(24)17-13-7-3-9-15(13)25-19(17)21-16(23)11-22-10-4-6-12-5-1-2-8-14(12)22/h12,14H,1-11H2,(H2,20,24)(H,21,23)/t12-,14+/m0/s1. The second kappa shape index (κ2) is 7.08. The Hall–Kier alpha value is -1.40. The second-order valence-corrected chi connectivity index (χ2v) is 8.80. The van der Waals surface area contributed by atoms with E-state index in [1.165, 1.54) is 54.7 Å². The van der Waals surface area contributed by atoms with Crippen molar-refractivity contribution >= 4 is 28.2 Å². The van der Waals surface area contributed by atoms with E-state index in [4.69, 9.17) is 5.73 Å². The first kappa shape index (κ1) is 17.0. The number of primary amides is 1. The molecule has 0 spiro atoms. The van der Waals surface area contributed by atoms with Gasteiger partial charge in [-0.05, 0) is 63.0 Å². The molecule has 0 aromatic carbocycles. The number of carbonyl (C=O) groups excluding carboxylic acids is 2. The lowest BCUT2D eigenvalue weighted by atomic mass is 9.78. The largest absolute Gasteiger partial charge is 0.365 e. The van der Waals surface area contributed by atoms with E-state index in [0.29, 0.717) is 23.2 Å². The van der Waals surface area contributed by atoms with Crippen LogP contribution in [0.25, 0.3) is 0 Å². The number of nitrogens with two attached hydrogens (primary N) is 1. The molecule has 1 aromatic heterocycles. The van der Waals surface area contributed by atoms with Crippen LogP contribution in [0.3, 0.4) is 0 Å². The number of thiophene rings is 1. The lowest BCUT2D eigenvalue weighted by molar-refractivity contribution is -0.118. The average molecular weight is 362 g/mol. The molecule has 136 valence electrons. The highest BCUT2D eigenvalue weighted by atomic mass is 32.1. The zero-order chi connectivity index (χ0) is 17.4. The highest BCUT2D eigenvalue weighted by molar-refractivity contribution is 7.17. The number of carbonyl (C=O) groups is 2. The van der Waals surface area contributed by atoms with E-state index in [2.05, 4.69) is 10.2 Å². The molecule has 3 aliphatic rings. The number of anilines is 1. The number of hydrogen-bond acceptors (Lipinski definition) is 4. The van der Waals surface area contributed by atoms with Crippen LogP contribution >= 0.6 is 11.3 Å². The van der Waals surface area contributed by atoms with Crippen LogP contribution in [0.5, 0.6) is 0 Å². The van der Waals surface area contributed by atoms with Gasteiger partial charge >= 0.3 is 0 Å². The fraction of sp³-hybridized carbons (Fsp3) is 0.684. The third-order valence-corrected chi connectivity index (χ3v) is 7.33. The van der Waals surface area contributed by atoms with Crippen molar-refractivity contribution in [2.75, 3.05) is 18.4 Å². The summed E-state index contributed by atoms with van der Waals surface area (Å²) in [4.78, 5) is 28.1. The fourth-order valence-corrected chi connectivity index (χ4v) is 6.34. The van der Waals surface area contributed by atoms with E-state index in [0.717, 1.165) is 37.3 Å². The molecule has 0 radical (unpaired) electrons. The number of rotatable bonds is 4. The van der Waals surface area contributed by atoms with Gasteiger partial charge in [0.2, 0.25) is 5.91 Å². The molecule has 25 heavy (non-hydrogen) atoms. The zero-order valence-electron chi connectivity index (χ0n) is 14.7. The minimum Gasteiger partial charge on any atom is -0.365 e. The average Bonchev–Trinajstić information content (AvgIpc) is 3.15.